The molecule has 0 unspecified atom stereocenters. The normalized spacial score (nSPS) is 15.0. The highest BCUT2D eigenvalue weighted by Crippen LogP contribution is 2.25. The Labute approximate surface area is 156 Å². The number of likely N-dealkylation sites (tertiary alicyclic amines) is 1. The lowest BCUT2D eigenvalue weighted by Gasteiger charge is -2.17. The fraction of sp³-hybridized carbons (Fsp3) is 0.409. The highest BCUT2D eigenvalue weighted by molar-refractivity contribution is 6.07. The molecule has 0 bridgehead atoms. The van der Waals surface area contributed by atoms with Crippen molar-refractivity contribution in [1.29, 1.82) is 0 Å². The summed E-state index contributed by atoms with van der Waals surface area (Å²) in [5.74, 6) is 0.924. The first-order valence-electron chi connectivity index (χ1n) is 9.35. The summed E-state index contributed by atoms with van der Waals surface area (Å²) in [7, 11) is 1.97. The summed E-state index contributed by atoms with van der Waals surface area (Å²) < 4.78 is 8.01. The molecular weight excluding hydrogens is 324 g/mol. The first-order valence-corrected chi connectivity index (χ1v) is 9.35. The molecule has 1 fully saturated rings. The number of rotatable bonds is 7. The second kappa shape index (κ2) is 8.37. The largest absolute Gasteiger partial charge is 0.492 e. The highest BCUT2D eigenvalue weighted by atomic mass is 16.5. The quantitative estimate of drug-likeness (QED) is 0.558. The molecule has 2 aromatic rings. The van der Waals surface area contributed by atoms with Gasteiger partial charge in [-0.2, -0.15) is 0 Å². The van der Waals surface area contributed by atoms with Crippen LogP contribution in [-0.2, 0) is 7.05 Å². The van der Waals surface area contributed by atoms with Crippen LogP contribution in [0.15, 0.2) is 36.5 Å². The minimum atomic E-state index is 0.0148. The van der Waals surface area contributed by atoms with Gasteiger partial charge in [0.25, 0.3) is 0 Å². The van der Waals surface area contributed by atoms with E-state index in [1.807, 2.05) is 62.0 Å². The van der Waals surface area contributed by atoms with Gasteiger partial charge in [-0.15, -0.1) is 0 Å². The number of hydrogen-bond acceptors (Lipinski definition) is 3. The summed E-state index contributed by atoms with van der Waals surface area (Å²) in [5, 5.41) is 0. The topological polar surface area (TPSA) is 34.5 Å². The SMILES string of the molecule is Cc1cc(C(=O)C=Cc2cccn2C)cc(C)c1OCCN1CCCC1. The zero-order valence-electron chi connectivity index (χ0n) is 16.0. The Morgan fingerprint density at radius 1 is 1.19 bits per heavy atom. The van der Waals surface area contributed by atoms with Crippen LogP contribution in [0.4, 0.5) is 0 Å². The molecule has 0 spiro atoms. The number of allylic oxidation sites excluding steroid dienone is 1. The number of aromatic nitrogens is 1. The van der Waals surface area contributed by atoms with Gasteiger partial charge in [0, 0.05) is 31.0 Å². The van der Waals surface area contributed by atoms with Crippen molar-refractivity contribution < 1.29 is 9.53 Å². The third-order valence-corrected chi connectivity index (χ3v) is 4.99. The zero-order valence-corrected chi connectivity index (χ0v) is 16.0. The minimum absolute atomic E-state index is 0.0148. The van der Waals surface area contributed by atoms with Crippen molar-refractivity contribution in [3.05, 3.63) is 58.9 Å². The molecule has 1 aliphatic heterocycles. The molecule has 0 amide bonds. The third-order valence-electron chi connectivity index (χ3n) is 4.99. The van der Waals surface area contributed by atoms with E-state index in [4.69, 9.17) is 4.74 Å². The summed E-state index contributed by atoms with van der Waals surface area (Å²) >= 11 is 0. The van der Waals surface area contributed by atoms with Crippen LogP contribution in [0, 0.1) is 13.8 Å². The van der Waals surface area contributed by atoms with Crippen LogP contribution in [0.1, 0.15) is 40.0 Å². The van der Waals surface area contributed by atoms with Crippen molar-refractivity contribution in [3.63, 3.8) is 0 Å². The number of carbonyl (C=O) groups excluding carboxylic acids is 1. The van der Waals surface area contributed by atoms with Crippen LogP contribution in [0.3, 0.4) is 0 Å². The molecule has 26 heavy (non-hydrogen) atoms. The molecule has 4 nitrogen and oxygen atoms in total. The fourth-order valence-corrected chi connectivity index (χ4v) is 3.51. The van der Waals surface area contributed by atoms with Crippen LogP contribution < -0.4 is 4.74 Å². The zero-order chi connectivity index (χ0) is 18.5. The lowest BCUT2D eigenvalue weighted by Crippen LogP contribution is -2.25. The van der Waals surface area contributed by atoms with Gasteiger partial charge in [0.1, 0.15) is 12.4 Å². The molecule has 138 valence electrons. The molecule has 0 aliphatic carbocycles. The monoisotopic (exact) mass is 352 g/mol. The summed E-state index contributed by atoms with van der Waals surface area (Å²) in [4.78, 5) is 15.0. The molecule has 0 atom stereocenters. The van der Waals surface area contributed by atoms with Crippen LogP contribution in [0.5, 0.6) is 5.75 Å². The first-order chi connectivity index (χ1) is 12.5. The van der Waals surface area contributed by atoms with Crippen molar-refractivity contribution in [2.75, 3.05) is 26.2 Å². The predicted octanol–water partition coefficient (Wildman–Crippen LogP) is 4.01. The molecule has 4 heteroatoms. The van der Waals surface area contributed by atoms with Crippen molar-refractivity contribution in [1.82, 2.24) is 9.47 Å². The number of aryl methyl sites for hydroxylation is 3. The third kappa shape index (κ3) is 4.44. The van der Waals surface area contributed by atoms with Crippen molar-refractivity contribution >= 4 is 11.9 Å². The Morgan fingerprint density at radius 3 is 2.50 bits per heavy atom. The highest BCUT2D eigenvalue weighted by Gasteiger charge is 2.13. The summed E-state index contributed by atoms with van der Waals surface area (Å²) in [6.07, 6.45) is 8.05. The lowest BCUT2D eigenvalue weighted by molar-refractivity contribution is 0.104. The van der Waals surface area contributed by atoms with Gasteiger partial charge < -0.3 is 9.30 Å². The fourth-order valence-electron chi connectivity index (χ4n) is 3.51. The first kappa shape index (κ1) is 18.5. The van der Waals surface area contributed by atoms with Gasteiger partial charge in [-0.3, -0.25) is 9.69 Å². The Bertz CT molecular complexity index is 775. The van der Waals surface area contributed by atoms with Gasteiger partial charge in [0.15, 0.2) is 5.78 Å². The Morgan fingerprint density at radius 2 is 1.88 bits per heavy atom. The standard InChI is InChI=1S/C22H28N2O2/c1-17-15-19(21(25)9-8-20-7-6-10-23(20)3)16-18(2)22(17)26-14-13-24-11-4-5-12-24/h6-10,15-16H,4-5,11-14H2,1-3H3. The second-order valence-corrected chi connectivity index (χ2v) is 7.08. The summed E-state index contributed by atoms with van der Waals surface area (Å²) in [6, 6.07) is 7.80. The number of ether oxygens (including phenoxy) is 1. The van der Waals surface area contributed by atoms with Gasteiger partial charge >= 0.3 is 0 Å². The van der Waals surface area contributed by atoms with Gasteiger partial charge in [-0.1, -0.05) is 0 Å². The van der Waals surface area contributed by atoms with Gasteiger partial charge in [-0.05, 0) is 87.3 Å². The van der Waals surface area contributed by atoms with E-state index in [0.717, 1.165) is 29.1 Å². The maximum atomic E-state index is 12.5. The van der Waals surface area contributed by atoms with E-state index in [1.54, 1.807) is 6.08 Å². The molecule has 0 radical (unpaired) electrons. The van der Waals surface area contributed by atoms with E-state index in [9.17, 15) is 4.79 Å². The molecule has 2 heterocycles. The second-order valence-electron chi connectivity index (χ2n) is 7.08. The molecule has 1 aromatic carbocycles. The van der Waals surface area contributed by atoms with Gasteiger partial charge in [0.2, 0.25) is 0 Å². The van der Waals surface area contributed by atoms with E-state index >= 15 is 0 Å². The molecule has 1 saturated heterocycles. The number of benzene rings is 1. The Hall–Kier alpha value is -2.33. The van der Waals surface area contributed by atoms with Crippen molar-refractivity contribution in [2.24, 2.45) is 7.05 Å². The molecule has 3 rings (SSSR count). The number of hydrogen-bond donors (Lipinski definition) is 0. The summed E-state index contributed by atoms with van der Waals surface area (Å²) in [6.45, 7) is 8.05. The van der Waals surface area contributed by atoms with Crippen LogP contribution >= 0.6 is 0 Å². The van der Waals surface area contributed by atoms with E-state index < -0.39 is 0 Å². The smallest absolute Gasteiger partial charge is 0.185 e. The molecular formula is C22H28N2O2. The van der Waals surface area contributed by atoms with E-state index in [-0.39, 0.29) is 5.78 Å². The molecule has 0 N–H and O–H groups in total. The van der Waals surface area contributed by atoms with Gasteiger partial charge in [0.05, 0.1) is 0 Å². The number of ketones is 1. The predicted molar refractivity (Wildman–Crippen MR) is 106 cm³/mol. The Kier molecular flexibility index (Phi) is 5.94. The number of nitrogens with zero attached hydrogens (tertiary/aromatic N) is 2. The van der Waals surface area contributed by atoms with Crippen molar-refractivity contribution in [2.45, 2.75) is 26.7 Å². The Balaban J connectivity index is 1.65. The maximum Gasteiger partial charge on any atom is 0.185 e. The van der Waals surface area contributed by atoms with Crippen LogP contribution in [-0.4, -0.2) is 41.5 Å². The minimum Gasteiger partial charge on any atom is -0.492 e. The van der Waals surface area contributed by atoms with Gasteiger partial charge in [-0.25, -0.2) is 0 Å². The van der Waals surface area contributed by atoms with E-state index in [2.05, 4.69) is 4.90 Å². The molecule has 1 aliphatic rings. The van der Waals surface area contributed by atoms with E-state index in [1.165, 1.54) is 25.9 Å². The molecule has 0 saturated carbocycles. The number of carbonyl (C=O) groups is 1. The molecule has 1 aromatic heterocycles. The summed E-state index contributed by atoms with van der Waals surface area (Å²) in [5.41, 5.74) is 3.75. The van der Waals surface area contributed by atoms with Crippen LogP contribution in [0.2, 0.25) is 0 Å². The van der Waals surface area contributed by atoms with Crippen LogP contribution in [0.25, 0.3) is 6.08 Å². The average molecular weight is 352 g/mol. The maximum absolute atomic E-state index is 12.5. The average Bonchev–Trinajstić information content (AvgIpc) is 3.26. The van der Waals surface area contributed by atoms with E-state index in [0.29, 0.717) is 12.2 Å². The lowest BCUT2D eigenvalue weighted by atomic mass is 10.0. The van der Waals surface area contributed by atoms with Crippen molar-refractivity contribution in [3.8, 4) is 5.75 Å².